The van der Waals surface area contributed by atoms with Crippen LogP contribution in [0.25, 0.3) is 0 Å². The van der Waals surface area contributed by atoms with Gasteiger partial charge in [-0.3, -0.25) is 4.79 Å². The van der Waals surface area contributed by atoms with Gasteiger partial charge in [0, 0.05) is 12.5 Å². The zero-order valence-corrected chi connectivity index (χ0v) is 8.52. The Balaban J connectivity index is 2.40. The number of nitrogens with two attached hydrogens (primary N) is 2. The minimum absolute atomic E-state index is 0.0676. The van der Waals surface area contributed by atoms with Crippen LogP contribution >= 0.6 is 0 Å². The van der Waals surface area contributed by atoms with Gasteiger partial charge in [-0.2, -0.15) is 0 Å². The van der Waals surface area contributed by atoms with Gasteiger partial charge in [0.25, 0.3) is 0 Å². The van der Waals surface area contributed by atoms with Crippen molar-refractivity contribution in [3.63, 3.8) is 0 Å². The fraction of sp³-hybridized carbons (Fsp3) is 0.364. The molecule has 0 aliphatic rings. The molecule has 15 heavy (non-hydrogen) atoms. The summed E-state index contributed by atoms with van der Waals surface area (Å²) in [4.78, 5) is 10.5. The van der Waals surface area contributed by atoms with Crippen LogP contribution in [0.2, 0.25) is 0 Å². The van der Waals surface area contributed by atoms with Crippen LogP contribution in [-0.2, 0) is 11.2 Å². The zero-order valence-electron chi connectivity index (χ0n) is 8.52. The summed E-state index contributed by atoms with van der Waals surface area (Å²) in [6.45, 7) is 0. The second kappa shape index (κ2) is 5.36. The monoisotopic (exact) mass is 208 g/mol. The van der Waals surface area contributed by atoms with E-state index in [4.69, 9.17) is 16.6 Å². The minimum atomic E-state index is -0.323. The normalized spacial score (nSPS) is 12.3. The predicted molar refractivity (Wildman–Crippen MR) is 58.2 cm³/mol. The van der Waals surface area contributed by atoms with Crippen molar-refractivity contribution in [1.82, 2.24) is 0 Å². The fourth-order valence-electron chi connectivity index (χ4n) is 1.36. The van der Waals surface area contributed by atoms with Crippen LogP contribution in [-0.4, -0.2) is 17.1 Å². The van der Waals surface area contributed by atoms with Crippen molar-refractivity contribution in [1.29, 1.82) is 0 Å². The van der Waals surface area contributed by atoms with Crippen molar-refractivity contribution < 1.29 is 9.90 Å². The maximum atomic E-state index is 10.5. The average molecular weight is 208 g/mol. The van der Waals surface area contributed by atoms with E-state index in [1.165, 1.54) is 0 Å². The Labute approximate surface area is 88.9 Å². The number of hydrogen-bond donors (Lipinski definition) is 3. The molecule has 1 aromatic rings. The van der Waals surface area contributed by atoms with Crippen molar-refractivity contribution in [3.8, 4) is 5.75 Å². The molecule has 0 aliphatic heterocycles. The Kier molecular flexibility index (Phi) is 4.12. The summed E-state index contributed by atoms with van der Waals surface area (Å²) in [5.41, 5.74) is 11.9. The second-order valence-electron chi connectivity index (χ2n) is 3.64. The van der Waals surface area contributed by atoms with Gasteiger partial charge in [0.05, 0.1) is 0 Å². The highest BCUT2D eigenvalue weighted by Gasteiger charge is 2.05. The molecule has 0 saturated heterocycles. The maximum absolute atomic E-state index is 10.5. The van der Waals surface area contributed by atoms with E-state index in [-0.39, 0.29) is 17.7 Å². The van der Waals surface area contributed by atoms with E-state index in [0.717, 1.165) is 5.56 Å². The van der Waals surface area contributed by atoms with E-state index in [2.05, 4.69) is 0 Å². The number of aromatic hydroxyl groups is 1. The number of phenolic OH excluding ortho intramolecular Hbond substituents is 1. The van der Waals surface area contributed by atoms with Crippen LogP contribution in [0, 0.1) is 0 Å². The van der Waals surface area contributed by atoms with E-state index in [9.17, 15) is 4.79 Å². The number of phenols is 1. The smallest absolute Gasteiger partial charge is 0.217 e. The first-order chi connectivity index (χ1) is 7.08. The minimum Gasteiger partial charge on any atom is -0.508 e. The molecule has 0 unspecified atom stereocenters. The molecule has 1 amide bonds. The predicted octanol–water partition coefficient (Wildman–Crippen LogP) is 0.527. The topological polar surface area (TPSA) is 89.3 Å². The standard InChI is InChI=1S/C11H16N2O2/c12-9(3-6-11(13)15)7-8-1-4-10(14)5-2-8/h1-2,4-5,9,14H,3,6-7,12H2,(H2,13,15)/t9-/m1/s1. The van der Waals surface area contributed by atoms with Crippen molar-refractivity contribution >= 4 is 5.91 Å². The van der Waals surface area contributed by atoms with Crippen LogP contribution < -0.4 is 11.5 Å². The number of carbonyl (C=O) groups is 1. The first kappa shape index (κ1) is 11.5. The first-order valence-corrected chi connectivity index (χ1v) is 4.89. The summed E-state index contributed by atoms with van der Waals surface area (Å²) >= 11 is 0. The fourth-order valence-corrected chi connectivity index (χ4v) is 1.36. The molecular formula is C11H16N2O2. The quantitative estimate of drug-likeness (QED) is 0.659. The van der Waals surface area contributed by atoms with Gasteiger partial charge in [-0.1, -0.05) is 12.1 Å². The van der Waals surface area contributed by atoms with Crippen LogP contribution in [0.15, 0.2) is 24.3 Å². The van der Waals surface area contributed by atoms with Crippen molar-refractivity contribution in [3.05, 3.63) is 29.8 Å². The van der Waals surface area contributed by atoms with E-state index >= 15 is 0 Å². The van der Waals surface area contributed by atoms with E-state index in [1.54, 1.807) is 12.1 Å². The lowest BCUT2D eigenvalue weighted by Crippen LogP contribution is -2.25. The number of rotatable bonds is 5. The van der Waals surface area contributed by atoms with E-state index in [0.29, 0.717) is 19.3 Å². The van der Waals surface area contributed by atoms with Gasteiger partial charge in [0.15, 0.2) is 0 Å². The summed E-state index contributed by atoms with van der Waals surface area (Å²) in [5, 5.41) is 9.07. The molecule has 5 N–H and O–H groups in total. The van der Waals surface area contributed by atoms with Gasteiger partial charge in [-0.05, 0) is 30.5 Å². The summed E-state index contributed by atoms with van der Waals surface area (Å²) in [7, 11) is 0. The lowest BCUT2D eigenvalue weighted by Gasteiger charge is -2.10. The van der Waals surface area contributed by atoms with Gasteiger partial charge in [0.2, 0.25) is 5.91 Å². The Morgan fingerprint density at radius 2 is 1.93 bits per heavy atom. The van der Waals surface area contributed by atoms with Gasteiger partial charge in [-0.25, -0.2) is 0 Å². The van der Waals surface area contributed by atoms with Crippen molar-refractivity contribution in [2.75, 3.05) is 0 Å². The second-order valence-corrected chi connectivity index (χ2v) is 3.64. The molecule has 0 fully saturated rings. The summed E-state index contributed by atoms with van der Waals surface area (Å²) in [6.07, 6.45) is 1.60. The summed E-state index contributed by atoms with van der Waals surface area (Å²) in [5.74, 6) is -0.0828. The lowest BCUT2D eigenvalue weighted by molar-refractivity contribution is -0.118. The molecule has 1 atom stereocenters. The number of carbonyl (C=O) groups excluding carboxylic acids is 1. The largest absolute Gasteiger partial charge is 0.508 e. The molecular weight excluding hydrogens is 192 g/mol. The van der Waals surface area contributed by atoms with Crippen LogP contribution in [0.5, 0.6) is 5.75 Å². The molecule has 0 bridgehead atoms. The molecule has 0 heterocycles. The van der Waals surface area contributed by atoms with E-state index in [1.807, 2.05) is 12.1 Å². The Bertz CT molecular complexity index is 322. The molecule has 1 rings (SSSR count). The Hall–Kier alpha value is -1.55. The Morgan fingerprint density at radius 1 is 1.33 bits per heavy atom. The number of amides is 1. The molecule has 0 saturated carbocycles. The molecule has 0 aliphatic carbocycles. The molecule has 0 radical (unpaired) electrons. The van der Waals surface area contributed by atoms with Crippen molar-refractivity contribution in [2.24, 2.45) is 11.5 Å². The molecule has 1 aromatic carbocycles. The summed E-state index contributed by atoms with van der Waals surface area (Å²) in [6, 6.07) is 6.81. The maximum Gasteiger partial charge on any atom is 0.217 e. The number of benzene rings is 1. The molecule has 0 spiro atoms. The van der Waals surface area contributed by atoms with Crippen molar-refractivity contribution in [2.45, 2.75) is 25.3 Å². The highest BCUT2D eigenvalue weighted by Crippen LogP contribution is 2.11. The molecule has 0 aromatic heterocycles. The van der Waals surface area contributed by atoms with Gasteiger partial charge < -0.3 is 16.6 Å². The number of hydrogen-bond acceptors (Lipinski definition) is 3. The third-order valence-corrected chi connectivity index (χ3v) is 2.20. The summed E-state index contributed by atoms with van der Waals surface area (Å²) < 4.78 is 0. The average Bonchev–Trinajstić information content (AvgIpc) is 2.19. The van der Waals surface area contributed by atoms with Gasteiger partial charge in [-0.15, -0.1) is 0 Å². The Morgan fingerprint density at radius 3 is 2.47 bits per heavy atom. The number of primary amides is 1. The first-order valence-electron chi connectivity index (χ1n) is 4.89. The van der Waals surface area contributed by atoms with Crippen LogP contribution in [0.4, 0.5) is 0 Å². The van der Waals surface area contributed by atoms with Crippen LogP contribution in [0.3, 0.4) is 0 Å². The molecule has 82 valence electrons. The van der Waals surface area contributed by atoms with Gasteiger partial charge >= 0.3 is 0 Å². The third kappa shape index (κ3) is 4.46. The highest BCUT2D eigenvalue weighted by molar-refractivity contribution is 5.73. The van der Waals surface area contributed by atoms with E-state index < -0.39 is 0 Å². The molecule has 4 nitrogen and oxygen atoms in total. The van der Waals surface area contributed by atoms with Gasteiger partial charge in [0.1, 0.15) is 5.75 Å². The zero-order chi connectivity index (χ0) is 11.3. The third-order valence-electron chi connectivity index (χ3n) is 2.20. The SMILES string of the molecule is NC(=O)CC[C@@H](N)Cc1ccc(O)cc1. The van der Waals surface area contributed by atoms with Crippen LogP contribution in [0.1, 0.15) is 18.4 Å². The molecule has 4 heteroatoms. The lowest BCUT2D eigenvalue weighted by atomic mass is 10.0. The highest BCUT2D eigenvalue weighted by atomic mass is 16.3.